The number of hydrogen-bond acceptors (Lipinski definition) is 5. The van der Waals surface area contributed by atoms with Gasteiger partial charge >= 0.3 is 0 Å². The molecule has 2 fully saturated rings. The Morgan fingerprint density at radius 2 is 2.31 bits per heavy atom. The minimum Gasteiger partial charge on any atom is -0.389 e. The highest BCUT2D eigenvalue weighted by Crippen LogP contribution is 2.07. The minimum absolute atomic E-state index is 0.0700. The number of ether oxygens (including phenoxy) is 2. The summed E-state index contributed by atoms with van der Waals surface area (Å²) in [5.41, 5.74) is 0. The average Bonchev–Trinajstić information content (AvgIpc) is 2.72. The SMILES string of the molecule is CCN1CCOC(CNC2COCC2O)C1. The van der Waals surface area contributed by atoms with Crippen molar-refractivity contribution >= 4 is 0 Å². The van der Waals surface area contributed by atoms with Crippen molar-refractivity contribution in [3.63, 3.8) is 0 Å². The fraction of sp³-hybridized carbons (Fsp3) is 1.00. The van der Waals surface area contributed by atoms with E-state index >= 15 is 0 Å². The lowest BCUT2D eigenvalue weighted by Crippen LogP contribution is -2.50. The monoisotopic (exact) mass is 230 g/mol. The molecule has 0 amide bonds. The number of hydrogen-bond donors (Lipinski definition) is 2. The van der Waals surface area contributed by atoms with E-state index in [-0.39, 0.29) is 18.2 Å². The van der Waals surface area contributed by atoms with Gasteiger partial charge in [-0.2, -0.15) is 0 Å². The second-order valence-electron chi connectivity index (χ2n) is 4.51. The second kappa shape index (κ2) is 5.93. The van der Waals surface area contributed by atoms with Gasteiger partial charge < -0.3 is 19.9 Å². The lowest BCUT2D eigenvalue weighted by molar-refractivity contribution is -0.0275. The van der Waals surface area contributed by atoms with E-state index in [0.29, 0.717) is 13.2 Å². The predicted octanol–water partition coefficient (Wildman–Crippen LogP) is -0.944. The van der Waals surface area contributed by atoms with Crippen molar-refractivity contribution in [2.45, 2.75) is 25.2 Å². The van der Waals surface area contributed by atoms with Crippen LogP contribution in [-0.2, 0) is 9.47 Å². The molecule has 2 N–H and O–H groups in total. The quantitative estimate of drug-likeness (QED) is 0.652. The normalized spacial score (nSPS) is 36.8. The van der Waals surface area contributed by atoms with E-state index in [1.165, 1.54) is 0 Å². The van der Waals surface area contributed by atoms with Gasteiger partial charge in [0, 0.05) is 19.6 Å². The van der Waals surface area contributed by atoms with Crippen molar-refractivity contribution in [2.75, 3.05) is 46.0 Å². The van der Waals surface area contributed by atoms with Crippen LogP contribution in [0, 0.1) is 0 Å². The van der Waals surface area contributed by atoms with Gasteiger partial charge in [0.15, 0.2) is 0 Å². The van der Waals surface area contributed by atoms with Gasteiger partial charge in [0.2, 0.25) is 0 Å². The molecule has 0 radical (unpaired) electrons. The second-order valence-corrected chi connectivity index (χ2v) is 4.51. The topological polar surface area (TPSA) is 54.0 Å². The van der Waals surface area contributed by atoms with Crippen LogP contribution in [-0.4, -0.2) is 74.3 Å². The van der Waals surface area contributed by atoms with Crippen LogP contribution in [0.2, 0.25) is 0 Å². The molecule has 2 aliphatic heterocycles. The number of morpholine rings is 1. The fourth-order valence-electron chi connectivity index (χ4n) is 2.21. The zero-order valence-electron chi connectivity index (χ0n) is 9.89. The minimum atomic E-state index is -0.370. The molecule has 94 valence electrons. The molecule has 3 atom stereocenters. The number of rotatable bonds is 4. The van der Waals surface area contributed by atoms with Gasteiger partial charge in [-0.15, -0.1) is 0 Å². The third-order valence-electron chi connectivity index (χ3n) is 3.33. The predicted molar refractivity (Wildman–Crippen MR) is 60.5 cm³/mol. The number of nitrogens with one attached hydrogen (secondary N) is 1. The highest BCUT2D eigenvalue weighted by atomic mass is 16.5. The molecular formula is C11H22N2O3. The van der Waals surface area contributed by atoms with E-state index < -0.39 is 0 Å². The summed E-state index contributed by atoms with van der Waals surface area (Å²) in [5.74, 6) is 0. The van der Waals surface area contributed by atoms with E-state index in [1.54, 1.807) is 0 Å². The molecule has 0 aromatic rings. The summed E-state index contributed by atoms with van der Waals surface area (Å²) >= 11 is 0. The van der Waals surface area contributed by atoms with Gasteiger partial charge in [0.1, 0.15) is 0 Å². The first-order valence-electron chi connectivity index (χ1n) is 6.12. The van der Waals surface area contributed by atoms with E-state index in [0.717, 1.165) is 32.8 Å². The van der Waals surface area contributed by atoms with Crippen molar-refractivity contribution < 1.29 is 14.6 Å². The molecule has 5 heteroatoms. The Morgan fingerprint density at radius 3 is 3.00 bits per heavy atom. The standard InChI is InChI=1S/C11H22N2O3/c1-2-13-3-4-16-9(6-13)5-12-10-7-15-8-11(10)14/h9-12,14H,2-8H2,1H3. The molecule has 16 heavy (non-hydrogen) atoms. The largest absolute Gasteiger partial charge is 0.389 e. The van der Waals surface area contributed by atoms with Gasteiger partial charge in [-0.1, -0.05) is 6.92 Å². The molecule has 0 aromatic carbocycles. The lowest BCUT2D eigenvalue weighted by atomic mass is 10.2. The van der Waals surface area contributed by atoms with E-state index in [1.807, 2.05) is 0 Å². The van der Waals surface area contributed by atoms with Gasteiger partial charge in [-0.3, -0.25) is 4.90 Å². The Bertz CT molecular complexity index is 215. The van der Waals surface area contributed by atoms with Crippen LogP contribution in [0.3, 0.4) is 0 Å². The van der Waals surface area contributed by atoms with Crippen LogP contribution in [0.1, 0.15) is 6.92 Å². The molecular weight excluding hydrogens is 208 g/mol. The smallest absolute Gasteiger partial charge is 0.0948 e. The van der Waals surface area contributed by atoms with E-state index in [4.69, 9.17) is 9.47 Å². The van der Waals surface area contributed by atoms with Crippen LogP contribution in [0.4, 0.5) is 0 Å². The Morgan fingerprint density at radius 1 is 1.44 bits per heavy atom. The summed E-state index contributed by atoms with van der Waals surface area (Å²) in [6, 6.07) is 0.0700. The van der Waals surface area contributed by atoms with Gasteiger partial charge in [-0.05, 0) is 6.54 Å². The number of aliphatic hydroxyl groups excluding tert-OH is 1. The number of nitrogens with zero attached hydrogens (tertiary/aromatic N) is 1. The number of likely N-dealkylation sites (N-methyl/N-ethyl adjacent to an activating group) is 1. The Kier molecular flexibility index (Phi) is 4.55. The summed E-state index contributed by atoms with van der Waals surface area (Å²) in [4.78, 5) is 2.39. The zero-order valence-corrected chi connectivity index (χ0v) is 9.89. The highest BCUT2D eigenvalue weighted by Gasteiger charge is 2.27. The molecule has 0 aliphatic carbocycles. The average molecular weight is 230 g/mol. The molecule has 3 unspecified atom stereocenters. The molecule has 2 aliphatic rings. The van der Waals surface area contributed by atoms with E-state index in [2.05, 4.69) is 17.1 Å². The zero-order chi connectivity index (χ0) is 11.4. The molecule has 2 saturated heterocycles. The highest BCUT2D eigenvalue weighted by molar-refractivity contribution is 4.83. The molecule has 0 saturated carbocycles. The van der Waals surface area contributed by atoms with Crippen LogP contribution in [0.15, 0.2) is 0 Å². The summed E-state index contributed by atoms with van der Waals surface area (Å²) in [5, 5.41) is 12.9. The Hall–Kier alpha value is -0.200. The summed E-state index contributed by atoms with van der Waals surface area (Å²) in [6.07, 6.45) is -0.132. The number of aliphatic hydroxyl groups is 1. The summed E-state index contributed by atoms with van der Waals surface area (Å²) in [7, 11) is 0. The van der Waals surface area contributed by atoms with Crippen LogP contribution in [0.5, 0.6) is 0 Å². The van der Waals surface area contributed by atoms with Gasteiger partial charge in [-0.25, -0.2) is 0 Å². The third-order valence-corrected chi connectivity index (χ3v) is 3.33. The molecule has 5 nitrogen and oxygen atoms in total. The van der Waals surface area contributed by atoms with Crippen molar-refractivity contribution in [3.8, 4) is 0 Å². The van der Waals surface area contributed by atoms with Crippen LogP contribution in [0.25, 0.3) is 0 Å². The van der Waals surface area contributed by atoms with Crippen LogP contribution < -0.4 is 5.32 Å². The Labute approximate surface area is 96.7 Å². The van der Waals surface area contributed by atoms with Crippen LogP contribution >= 0.6 is 0 Å². The van der Waals surface area contributed by atoms with Crippen molar-refractivity contribution in [1.29, 1.82) is 0 Å². The Balaban J connectivity index is 1.68. The van der Waals surface area contributed by atoms with Gasteiger partial charge in [0.25, 0.3) is 0 Å². The first-order chi connectivity index (χ1) is 7.79. The maximum atomic E-state index is 9.58. The summed E-state index contributed by atoms with van der Waals surface area (Å²) in [6.45, 7) is 7.91. The third kappa shape index (κ3) is 3.15. The molecule has 0 spiro atoms. The maximum Gasteiger partial charge on any atom is 0.0948 e. The first kappa shape index (κ1) is 12.3. The fourth-order valence-corrected chi connectivity index (χ4v) is 2.21. The molecule has 2 rings (SSSR count). The molecule has 0 aromatic heterocycles. The van der Waals surface area contributed by atoms with Crippen molar-refractivity contribution in [2.24, 2.45) is 0 Å². The van der Waals surface area contributed by atoms with Crippen molar-refractivity contribution in [1.82, 2.24) is 10.2 Å². The lowest BCUT2D eigenvalue weighted by Gasteiger charge is -2.32. The van der Waals surface area contributed by atoms with E-state index in [9.17, 15) is 5.11 Å². The summed E-state index contributed by atoms with van der Waals surface area (Å²) < 4.78 is 10.9. The van der Waals surface area contributed by atoms with Gasteiger partial charge in [0.05, 0.1) is 38.1 Å². The molecule has 2 heterocycles. The maximum absolute atomic E-state index is 9.58. The first-order valence-corrected chi connectivity index (χ1v) is 6.12. The molecule has 0 bridgehead atoms. The van der Waals surface area contributed by atoms with Crippen molar-refractivity contribution in [3.05, 3.63) is 0 Å².